The summed E-state index contributed by atoms with van der Waals surface area (Å²) in [6, 6.07) is 3.86. The lowest BCUT2D eigenvalue weighted by Crippen LogP contribution is -2.28. The Kier molecular flexibility index (Phi) is 4.78. The lowest BCUT2D eigenvalue weighted by Gasteiger charge is -2.13. The van der Waals surface area contributed by atoms with Gasteiger partial charge in [-0.1, -0.05) is 12.1 Å². The van der Waals surface area contributed by atoms with Gasteiger partial charge in [0, 0.05) is 19.8 Å². The van der Waals surface area contributed by atoms with Crippen LogP contribution in [0.5, 0.6) is 0 Å². The van der Waals surface area contributed by atoms with Crippen LogP contribution >= 0.6 is 0 Å². The van der Waals surface area contributed by atoms with Crippen molar-refractivity contribution >= 4 is 10.0 Å². The van der Waals surface area contributed by atoms with Gasteiger partial charge in [0.15, 0.2) is 0 Å². The number of aliphatic hydroxyl groups excluding tert-OH is 1. The maximum atomic E-state index is 12.5. The highest BCUT2D eigenvalue weighted by atomic mass is 32.2. The van der Waals surface area contributed by atoms with Crippen LogP contribution in [0, 0.1) is 0 Å². The third kappa shape index (κ3) is 4.30. The molecule has 1 atom stereocenters. The number of aliphatic hydroxyl groups is 1. The van der Waals surface area contributed by atoms with Crippen molar-refractivity contribution in [2.24, 2.45) is 7.05 Å². The molecule has 0 radical (unpaired) electrons. The van der Waals surface area contributed by atoms with Crippen LogP contribution in [0.1, 0.15) is 17.2 Å². The van der Waals surface area contributed by atoms with Crippen molar-refractivity contribution < 1.29 is 26.7 Å². The van der Waals surface area contributed by atoms with E-state index in [2.05, 4.69) is 9.82 Å². The second kappa shape index (κ2) is 6.30. The van der Waals surface area contributed by atoms with Crippen LogP contribution in [0.2, 0.25) is 0 Å². The molecule has 2 N–H and O–H groups in total. The van der Waals surface area contributed by atoms with Gasteiger partial charge in [0.25, 0.3) is 0 Å². The number of alkyl halides is 3. The Morgan fingerprint density at radius 1 is 1.30 bits per heavy atom. The van der Waals surface area contributed by atoms with E-state index in [9.17, 15) is 26.7 Å². The summed E-state index contributed by atoms with van der Waals surface area (Å²) in [4.78, 5) is -0.0698. The van der Waals surface area contributed by atoms with E-state index in [0.29, 0.717) is 0 Å². The molecule has 0 spiro atoms. The highest BCUT2D eigenvalue weighted by Gasteiger charge is 2.30. The number of nitrogens with zero attached hydrogens (tertiary/aromatic N) is 2. The summed E-state index contributed by atoms with van der Waals surface area (Å²) in [5.41, 5.74) is -0.670. The zero-order valence-electron chi connectivity index (χ0n) is 11.9. The van der Waals surface area contributed by atoms with E-state index >= 15 is 0 Å². The number of hydrogen-bond acceptors (Lipinski definition) is 4. The smallest absolute Gasteiger partial charge is 0.387 e. The second-order valence-electron chi connectivity index (χ2n) is 4.84. The first-order chi connectivity index (χ1) is 10.6. The minimum Gasteiger partial charge on any atom is -0.387 e. The van der Waals surface area contributed by atoms with E-state index < -0.39 is 27.9 Å². The molecular formula is C13H14F3N3O3S. The highest BCUT2D eigenvalue weighted by Crippen LogP contribution is 2.29. The predicted molar refractivity (Wildman–Crippen MR) is 74.8 cm³/mol. The van der Waals surface area contributed by atoms with Gasteiger partial charge in [-0.3, -0.25) is 4.68 Å². The van der Waals surface area contributed by atoms with E-state index in [-0.39, 0.29) is 17.0 Å². The van der Waals surface area contributed by atoms with Crippen LogP contribution in [0.15, 0.2) is 41.6 Å². The van der Waals surface area contributed by atoms with E-state index in [4.69, 9.17) is 0 Å². The van der Waals surface area contributed by atoms with Gasteiger partial charge >= 0.3 is 6.18 Å². The molecule has 0 amide bonds. The maximum absolute atomic E-state index is 12.5. The van der Waals surface area contributed by atoms with Crippen molar-refractivity contribution in [3.8, 4) is 0 Å². The largest absolute Gasteiger partial charge is 0.416 e. The Morgan fingerprint density at radius 3 is 2.39 bits per heavy atom. The number of aryl methyl sites for hydroxylation is 1. The van der Waals surface area contributed by atoms with Crippen LogP contribution in [-0.4, -0.2) is 29.8 Å². The summed E-state index contributed by atoms with van der Waals surface area (Å²) in [5.74, 6) is 0. The Balaban J connectivity index is 2.03. The molecule has 2 aromatic rings. The molecule has 0 aliphatic rings. The molecule has 23 heavy (non-hydrogen) atoms. The molecule has 0 aliphatic heterocycles. The quantitative estimate of drug-likeness (QED) is 0.856. The fraction of sp³-hybridized carbons (Fsp3) is 0.308. The summed E-state index contributed by atoms with van der Waals surface area (Å²) >= 11 is 0. The van der Waals surface area contributed by atoms with Gasteiger partial charge in [-0.15, -0.1) is 0 Å². The number of benzene rings is 1. The molecule has 126 valence electrons. The predicted octanol–water partition coefficient (Wildman–Crippen LogP) is 1.45. The fourth-order valence-corrected chi connectivity index (χ4v) is 2.84. The van der Waals surface area contributed by atoms with Gasteiger partial charge in [0.2, 0.25) is 10.0 Å². The zero-order valence-corrected chi connectivity index (χ0v) is 12.8. The lowest BCUT2D eigenvalue weighted by molar-refractivity contribution is -0.137. The average Bonchev–Trinajstić information content (AvgIpc) is 2.91. The van der Waals surface area contributed by atoms with E-state index in [0.717, 1.165) is 30.5 Å². The molecule has 1 aromatic heterocycles. The molecule has 1 aromatic carbocycles. The van der Waals surface area contributed by atoms with Gasteiger partial charge in [0.1, 0.15) is 4.90 Å². The average molecular weight is 349 g/mol. The Hall–Kier alpha value is -1.91. The Bertz CT molecular complexity index is 770. The second-order valence-corrected chi connectivity index (χ2v) is 6.60. The first kappa shape index (κ1) is 17.4. The summed E-state index contributed by atoms with van der Waals surface area (Å²) in [6.07, 6.45) is -3.31. The first-order valence-corrected chi connectivity index (χ1v) is 7.91. The number of halogens is 3. The molecule has 0 unspecified atom stereocenters. The van der Waals surface area contributed by atoms with Gasteiger partial charge < -0.3 is 5.11 Å². The number of hydrogen-bond donors (Lipinski definition) is 2. The molecule has 0 fully saturated rings. The standard InChI is InChI=1S/C13H14F3N3O3S/c1-19-8-11(6-17-19)23(21,22)18-7-12(20)9-2-4-10(5-3-9)13(14,15)16/h2-6,8,12,18,20H,7H2,1H3/t12-/m1/s1. The summed E-state index contributed by atoms with van der Waals surface area (Å²) in [5, 5.41) is 13.6. The monoisotopic (exact) mass is 349 g/mol. The number of rotatable bonds is 5. The third-order valence-corrected chi connectivity index (χ3v) is 4.46. The van der Waals surface area contributed by atoms with Crippen LogP contribution < -0.4 is 4.72 Å². The molecule has 2 rings (SSSR count). The third-order valence-electron chi connectivity index (χ3n) is 3.08. The summed E-state index contributed by atoms with van der Waals surface area (Å²) < 4.78 is 64.7. The zero-order chi connectivity index (χ0) is 17.3. The van der Waals surface area contributed by atoms with Crippen molar-refractivity contribution in [1.29, 1.82) is 0 Å². The van der Waals surface area contributed by atoms with Crippen LogP contribution in [0.3, 0.4) is 0 Å². The SMILES string of the molecule is Cn1cc(S(=O)(=O)NC[C@@H](O)c2ccc(C(F)(F)F)cc2)cn1. The molecule has 10 heteroatoms. The molecule has 0 aliphatic carbocycles. The Morgan fingerprint density at radius 2 is 1.91 bits per heavy atom. The van der Waals surface area contributed by atoms with E-state index in [1.54, 1.807) is 7.05 Å². The van der Waals surface area contributed by atoms with Crippen LogP contribution in [0.4, 0.5) is 13.2 Å². The molecule has 0 saturated heterocycles. The summed E-state index contributed by atoms with van der Waals surface area (Å²) in [7, 11) is -2.30. The highest BCUT2D eigenvalue weighted by molar-refractivity contribution is 7.89. The summed E-state index contributed by atoms with van der Waals surface area (Å²) in [6.45, 7) is -0.372. The van der Waals surface area contributed by atoms with Gasteiger partial charge in [-0.05, 0) is 17.7 Å². The van der Waals surface area contributed by atoms with E-state index in [1.165, 1.54) is 10.9 Å². The molecule has 0 saturated carbocycles. The first-order valence-electron chi connectivity index (χ1n) is 6.43. The topological polar surface area (TPSA) is 84.2 Å². The lowest BCUT2D eigenvalue weighted by atomic mass is 10.1. The van der Waals surface area contributed by atoms with Crippen molar-refractivity contribution in [2.45, 2.75) is 17.2 Å². The normalized spacial score (nSPS) is 14.0. The van der Waals surface area contributed by atoms with Gasteiger partial charge in [0.05, 0.1) is 17.9 Å². The molecule has 1 heterocycles. The van der Waals surface area contributed by atoms with Gasteiger partial charge in [-0.25, -0.2) is 13.1 Å². The fourth-order valence-electron chi connectivity index (χ4n) is 1.82. The van der Waals surface area contributed by atoms with Crippen LogP contribution in [0.25, 0.3) is 0 Å². The minimum atomic E-state index is -4.47. The number of nitrogens with one attached hydrogen (secondary N) is 1. The molecular weight excluding hydrogens is 335 g/mol. The minimum absolute atomic E-state index is 0.0698. The molecule has 6 nitrogen and oxygen atoms in total. The number of aromatic nitrogens is 2. The Labute approximate surface area is 130 Å². The number of sulfonamides is 1. The van der Waals surface area contributed by atoms with E-state index in [1.807, 2.05) is 0 Å². The van der Waals surface area contributed by atoms with Crippen molar-refractivity contribution in [2.75, 3.05) is 6.54 Å². The van der Waals surface area contributed by atoms with Crippen LogP contribution in [-0.2, 0) is 23.2 Å². The maximum Gasteiger partial charge on any atom is 0.416 e. The van der Waals surface area contributed by atoms with Crippen molar-refractivity contribution in [1.82, 2.24) is 14.5 Å². The van der Waals surface area contributed by atoms with Crippen molar-refractivity contribution in [3.05, 3.63) is 47.8 Å². The van der Waals surface area contributed by atoms with Crippen molar-refractivity contribution in [3.63, 3.8) is 0 Å². The molecule has 0 bridgehead atoms. The van der Waals surface area contributed by atoms with Gasteiger partial charge in [-0.2, -0.15) is 18.3 Å².